The Morgan fingerprint density at radius 1 is 0.882 bits per heavy atom. The number of hydrogen-bond acceptors (Lipinski definition) is 1. The Balaban J connectivity index is 1.74. The van der Waals surface area contributed by atoms with Crippen molar-refractivity contribution in [2.45, 2.75) is 59.3 Å². The van der Waals surface area contributed by atoms with Crippen molar-refractivity contribution in [3.8, 4) is 0 Å². The number of likely N-dealkylation sites (tertiary alicyclic amines) is 1. The van der Waals surface area contributed by atoms with E-state index < -0.39 is 0 Å². The van der Waals surface area contributed by atoms with E-state index in [-0.39, 0.29) is 0 Å². The fourth-order valence-corrected chi connectivity index (χ4v) is 4.02. The standard InChI is InChI=1S/C16H31N/c1-4-17-11-9-16(10-12-17)15-7-5-14(6-8-15)13(2)3/h13-16H,4-12H2,1-3H3. The van der Waals surface area contributed by atoms with E-state index in [2.05, 4.69) is 25.7 Å². The zero-order valence-electron chi connectivity index (χ0n) is 12.1. The average molecular weight is 237 g/mol. The quantitative estimate of drug-likeness (QED) is 0.712. The van der Waals surface area contributed by atoms with Gasteiger partial charge in [0.05, 0.1) is 0 Å². The molecule has 1 heteroatoms. The Bertz CT molecular complexity index is 208. The Morgan fingerprint density at radius 3 is 1.88 bits per heavy atom. The van der Waals surface area contributed by atoms with Crippen LogP contribution in [0.25, 0.3) is 0 Å². The maximum Gasteiger partial charge on any atom is -0.00161 e. The van der Waals surface area contributed by atoms with Gasteiger partial charge in [0.25, 0.3) is 0 Å². The Labute approximate surface area is 108 Å². The van der Waals surface area contributed by atoms with Crippen LogP contribution in [0.1, 0.15) is 59.3 Å². The first kappa shape index (κ1) is 13.4. The Hall–Kier alpha value is -0.0400. The minimum absolute atomic E-state index is 0.915. The van der Waals surface area contributed by atoms with Crippen LogP contribution < -0.4 is 0 Å². The van der Waals surface area contributed by atoms with Gasteiger partial charge >= 0.3 is 0 Å². The highest BCUT2D eigenvalue weighted by molar-refractivity contribution is 4.82. The van der Waals surface area contributed by atoms with Crippen molar-refractivity contribution in [3.63, 3.8) is 0 Å². The third-order valence-electron chi connectivity index (χ3n) is 5.51. The molecule has 0 bridgehead atoms. The number of rotatable bonds is 3. The first-order valence-electron chi connectivity index (χ1n) is 7.93. The highest BCUT2D eigenvalue weighted by Crippen LogP contribution is 2.39. The molecule has 1 aliphatic carbocycles. The van der Waals surface area contributed by atoms with Gasteiger partial charge in [-0.3, -0.25) is 0 Å². The molecule has 0 aromatic carbocycles. The van der Waals surface area contributed by atoms with E-state index in [1.165, 1.54) is 58.2 Å². The van der Waals surface area contributed by atoms with Gasteiger partial charge in [0.1, 0.15) is 0 Å². The van der Waals surface area contributed by atoms with Crippen molar-refractivity contribution < 1.29 is 0 Å². The summed E-state index contributed by atoms with van der Waals surface area (Å²) in [5.74, 6) is 4.08. The second kappa shape index (κ2) is 6.22. The number of piperidine rings is 1. The van der Waals surface area contributed by atoms with Gasteiger partial charge in [0, 0.05) is 0 Å². The fraction of sp³-hybridized carbons (Fsp3) is 1.00. The first-order valence-corrected chi connectivity index (χ1v) is 7.93. The lowest BCUT2D eigenvalue weighted by Gasteiger charge is -2.39. The summed E-state index contributed by atoms with van der Waals surface area (Å²) in [5.41, 5.74) is 0. The van der Waals surface area contributed by atoms with Crippen LogP contribution in [0.2, 0.25) is 0 Å². The lowest BCUT2D eigenvalue weighted by molar-refractivity contribution is 0.110. The molecule has 17 heavy (non-hydrogen) atoms. The highest BCUT2D eigenvalue weighted by Gasteiger charge is 2.30. The van der Waals surface area contributed by atoms with Crippen LogP contribution in [0, 0.1) is 23.7 Å². The molecule has 0 amide bonds. The molecule has 1 nitrogen and oxygen atoms in total. The molecule has 1 aliphatic heterocycles. The third-order valence-corrected chi connectivity index (χ3v) is 5.51. The van der Waals surface area contributed by atoms with Gasteiger partial charge in [-0.05, 0) is 81.8 Å². The topological polar surface area (TPSA) is 3.24 Å². The molecule has 1 saturated heterocycles. The highest BCUT2D eigenvalue weighted by atomic mass is 15.1. The van der Waals surface area contributed by atoms with E-state index in [1.807, 2.05) is 0 Å². The number of nitrogens with zero attached hydrogens (tertiary/aromatic N) is 1. The van der Waals surface area contributed by atoms with E-state index in [4.69, 9.17) is 0 Å². The fourth-order valence-electron chi connectivity index (χ4n) is 4.02. The van der Waals surface area contributed by atoms with E-state index in [9.17, 15) is 0 Å². The third kappa shape index (κ3) is 3.47. The second-order valence-corrected chi connectivity index (χ2v) is 6.69. The smallest absolute Gasteiger partial charge is 0.00161 e. The molecular weight excluding hydrogens is 206 g/mol. The van der Waals surface area contributed by atoms with Gasteiger partial charge in [-0.2, -0.15) is 0 Å². The molecule has 0 radical (unpaired) electrons. The molecule has 0 N–H and O–H groups in total. The summed E-state index contributed by atoms with van der Waals surface area (Å²) >= 11 is 0. The van der Waals surface area contributed by atoms with Gasteiger partial charge < -0.3 is 4.90 Å². The summed E-state index contributed by atoms with van der Waals surface area (Å²) in [5, 5.41) is 0. The normalized spacial score (nSPS) is 33.2. The zero-order chi connectivity index (χ0) is 12.3. The van der Waals surface area contributed by atoms with Crippen molar-refractivity contribution in [2.75, 3.05) is 19.6 Å². The predicted octanol–water partition coefficient (Wildman–Crippen LogP) is 4.18. The molecule has 2 aliphatic rings. The van der Waals surface area contributed by atoms with Crippen molar-refractivity contribution in [1.29, 1.82) is 0 Å². The summed E-state index contributed by atoms with van der Waals surface area (Å²) in [4.78, 5) is 2.62. The lowest BCUT2D eigenvalue weighted by atomic mass is 9.70. The molecule has 0 spiro atoms. The maximum absolute atomic E-state index is 2.62. The molecule has 2 rings (SSSR count). The molecule has 0 unspecified atom stereocenters. The number of hydrogen-bond donors (Lipinski definition) is 0. The summed E-state index contributed by atoms with van der Waals surface area (Å²) < 4.78 is 0. The molecule has 0 atom stereocenters. The molecular formula is C16H31N. The SMILES string of the molecule is CCN1CCC(C2CCC(C(C)C)CC2)CC1. The van der Waals surface area contributed by atoms with Crippen LogP contribution in [-0.4, -0.2) is 24.5 Å². The molecule has 0 aromatic heterocycles. The molecule has 0 aromatic rings. The van der Waals surface area contributed by atoms with Crippen molar-refractivity contribution in [3.05, 3.63) is 0 Å². The zero-order valence-corrected chi connectivity index (χ0v) is 12.1. The monoisotopic (exact) mass is 237 g/mol. The minimum Gasteiger partial charge on any atom is -0.304 e. The lowest BCUT2D eigenvalue weighted by Crippen LogP contribution is -2.37. The largest absolute Gasteiger partial charge is 0.304 e. The van der Waals surface area contributed by atoms with Crippen molar-refractivity contribution >= 4 is 0 Å². The first-order chi connectivity index (χ1) is 8.20. The summed E-state index contributed by atoms with van der Waals surface area (Å²) in [6, 6.07) is 0. The maximum atomic E-state index is 2.62. The molecule has 2 fully saturated rings. The van der Waals surface area contributed by atoms with Crippen LogP contribution in [0.3, 0.4) is 0 Å². The molecule has 1 heterocycles. The molecule has 1 saturated carbocycles. The minimum atomic E-state index is 0.915. The van der Waals surface area contributed by atoms with Crippen LogP contribution >= 0.6 is 0 Å². The average Bonchev–Trinajstić information content (AvgIpc) is 2.39. The van der Waals surface area contributed by atoms with Gasteiger partial charge in [-0.1, -0.05) is 20.8 Å². The molecule has 100 valence electrons. The van der Waals surface area contributed by atoms with Crippen molar-refractivity contribution in [2.24, 2.45) is 23.7 Å². The van der Waals surface area contributed by atoms with E-state index in [0.29, 0.717) is 0 Å². The van der Waals surface area contributed by atoms with Crippen LogP contribution in [-0.2, 0) is 0 Å². The van der Waals surface area contributed by atoms with E-state index in [0.717, 1.165) is 23.7 Å². The van der Waals surface area contributed by atoms with Gasteiger partial charge in [0.15, 0.2) is 0 Å². The summed E-state index contributed by atoms with van der Waals surface area (Å²) in [6.45, 7) is 11.1. The van der Waals surface area contributed by atoms with Crippen LogP contribution in [0.5, 0.6) is 0 Å². The van der Waals surface area contributed by atoms with E-state index in [1.54, 1.807) is 0 Å². The Morgan fingerprint density at radius 2 is 1.41 bits per heavy atom. The Kier molecular flexibility index (Phi) is 4.90. The summed E-state index contributed by atoms with van der Waals surface area (Å²) in [7, 11) is 0. The second-order valence-electron chi connectivity index (χ2n) is 6.69. The van der Waals surface area contributed by atoms with E-state index >= 15 is 0 Å². The van der Waals surface area contributed by atoms with Crippen molar-refractivity contribution in [1.82, 2.24) is 4.90 Å². The summed E-state index contributed by atoms with van der Waals surface area (Å²) in [6.07, 6.45) is 9.03. The van der Waals surface area contributed by atoms with Gasteiger partial charge in [-0.25, -0.2) is 0 Å². The van der Waals surface area contributed by atoms with Crippen LogP contribution in [0.15, 0.2) is 0 Å². The van der Waals surface area contributed by atoms with Crippen LogP contribution in [0.4, 0.5) is 0 Å². The predicted molar refractivity (Wildman–Crippen MR) is 75.1 cm³/mol. The van der Waals surface area contributed by atoms with Gasteiger partial charge in [-0.15, -0.1) is 0 Å². The van der Waals surface area contributed by atoms with Gasteiger partial charge in [0.2, 0.25) is 0 Å².